The van der Waals surface area contributed by atoms with Gasteiger partial charge in [-0.3, -0.25) is 19.1 Å². The molecular weight excluding hydrogens is 528 g/mol. The molecule has 0 aliphatic carbocycles. The van der Waals surface area contributed by atoms with E-state index < -0.39 is 47.8 Å². The van der Waals surface area contributed by atoms with Crippen molar-refractivity contribution >= 4 is 43.0 Å². The standard InChI is InChI=1S/C19H17F5NO6PS2/c1-2-31-16(26)11-25(17(27)18(22,23)24)19(32(28,29)30,33-14-7-3-12(20)4-8-14)34-15-9-5-13(21)6-10-15/h3-10H,2,11H2,1H3,(H2,28,29,30). The second kappa shape index (κ2) is 11.1. The van der Waals surface area contributed by atoms with Crippen LogP contribution in [0.15, 0.2) is 58.3 Å². The number of benzene rings is 2. The summed E-state index contributed by atoms with van der Waals surface area (Å²) in [5.41, 5.74) is 0. The van der Waals surface area contributed by atoms with Crippen LogP contribution in [0.2, 0.25) is 0 Å². The number of amides is 1. The van der Waals surface area contributed by atoms with Gasteiger partial charge in [-0.1, -0.05) is 23.5 Å². The lowest BCUT2D eigenvalue weighted by Gasteiger charge is -2.42. The van der Waals surface area contributed by atoms with Crippen LogP contribution in [0.5, 0.6) is 0 Å². The molecule has 0 aromatic heterocycles. The molecule has 1 amide bonds. The molecule has 186 valence electrons. The van der Waals surface area contributed by atoms with E-state index in [1.807, 2.05) is 0 Å². The van der Waals surface area contributed by atoms with Crippen molar-refractivity contribution in [1.82, 2.24) is 4.90 Å². The first kappa shape index (κ1) is 28.1. The fourth-order valence-electron chi connectivity index (χ4n) is 2.51. The summed E-state index contributed by atoms with van der Waals surface area (Å²) in [6.45, 7) is -0.420. The summed E-state index contributed by atoms with van der Waals surface area (Å²) in [5, 5.41) is 0. The van der Waals surface area contributed by atoms with Gasteiger partial charge in [-0.2, -0.15) is 13.2 Å². The number of halogens is 5. The van der Waals surface area contributed by atoms with Gasteiger partial charge in [0.2, 0.25) is 3.94 Å². The molecule has 15 heteroatoms. The van der Waals surface area contributed by atoms with Gasteiger partial charge in [0.15, 0.2) is 0 Å². The quantitative estimate of drug-likeness (QED) is 0.155. The SMILES string of the molecule is CCOC(=O)CN(C(=O)C(F)(F)F)C(Sc1ccc(F)cc1)(Sc1ccc(F)cc1)P(=O)(O)O. The number of hydrogen-bond acceptors (Lipinski definition) is 6. The summed E-state index contributed by atoms with van der Waals surface area (Å²) in [6, 6.07) is 7.64. The van der Waals surface area contributed by atoms with Crippen LogP contribution in [0, 0.1) is 11.6 Å². The Bertz CT molecular complexity index is 1010. The minimum absolute atomic E-state index is 0.100. The molecule has 0 aliphatic heterocycles. The molecule has 7 nitrogen and oxygen atoms in total. The largest absolute Gasteiger partial charge is 0.471 e. The van der Waals surface area contributed by atoms with E-state index in [0.717, 1.165) is 48.5 Å². The van der Waals surface area contributed by atoms with Gasteiger partial charge in [0.25, 0.3) is 0 Å². The molecular formula is C19H17F5NO6PS2. The van der Waals surface area contributed by atoms with Crippen molar-refractivity contribution in [2.75, 3.05) is 13.2 Å². The first-order chi connectivity index (χ1) is 15.7. The first-order valence-corrected chi connectivity index (χ1v) is 12.4. The summed E-state index contributed by atoms with van der Waals surface area (Å²) >= 11 is 0.200. The van der Waals surface area contributed by atoms with Crippen molar-refractivity contribution in [2.24, 2.45) is 0 Å². The van der Waals surface area contributed by atoms with E-state index in [-0.39, 0.29) is 44.8 Å². The van der Waals surface area contributed by atoms with Crippen molar-refractivity contribution < 1.29 is 50.6 Å². The van der Waals surface area contributed by atoms with E-state index in [2.05, 4.69) is 4.74 Å². The predicted octanol–water partition coefficient (Wildman–Crippen LogP) is 4.59. The van der Waals surface area contributed by atoms with E-state index in [0.29, 0.717) is 0 Å². The van der Waals surface area contributed by atoms with Crippen LogP contribution < -0.4 is 0 Å². The average molecular weight is 545 g/mol. The molecule has 2 N–H and O–H groups in total. The molecule has 0 saturated carbocycles. The van der Waals surface area contributed by atoms with Crippen molar-refractivity contribution in [2.45, 2.75) is 26.8 Å². The zero-order chi connectivity index (χ0) is 25.7. The molecule has 34 heavy (non-hydrogen) atoms. The number of nitrogens with zero attached hydrogens (tertiary/aromatic N) is 1. The molecule has 2 rings (SSSR count). The Morgan fingerprint density at radius 1 is 0.941 bits per heavy atom. The third kappa shape index (κ3) is 6.95. The van der Waals surface area contributed by atoms with Crippen LogP contribution >= 0.6 is 31.1 Å². The zero-order valence-electron chi connectivity index (χ0n) is 17.2. The molecule has 2 aromatic carbocycles. The van der Waals surface area contributed by atoms with Crippen LogP contribution in [0.25, 0.3) is 0 Å². The van der Waals surface area contributed by atoms with Crippen molar-refractivity contribution in [3.05, 3.63) is 60.2 Å². The fraction of sp³-hybridized carbons (Fsp3) is 0.263. The van der Waals surface area contributed by atoms with E-state index in [9.17, 15) is 45.9 Å². The number of hydrogen-bond donors (Lipinski definition) is 2. The Morgan fingerprint density at radius 3 is 1.68 bits per heavy atom. The normalized spacial score (nSPS) is 12.4. The maximum Gasteiger partial charge on any atom is 0.471 e. The van der Waals surface area contributed by atoms with Gasteiger partial charge in [0.05, 0.1) is 6.61 Å². The molecule has 0 fully saturated rings. The lowest BCUT2D eigenvalue weighted by Crippen LogP contribution is -2.54. The number of alkyl halides is 3. The monoisotopic (exact) mass is 545 g/mol. The third-order valence-electron chi connectivity index (χ3n) is 3.92. The highest BCUT2D eigenvalue weighted by atomic mass is 32.2. The topological polar surface area (TPSA) is 104 Å². The van der Waals surface area contributed by atoms with E-state index in [1.54, 1.807) is 0 Å². The molecule has 0 heterocycles. The first-order valence-electron chi connectivity index (χ1n) is 9.19. The van der Waals surface area contributed by atoms with Crippen LogP contribution in [0.3, 0.4) is 0 Å². The lowest BCUT2D eigenvalue weighted by atomic mass is 10.4. The fourth-order valence-corrected chi connectivity index (χ4v) is 6.99. The Balaban J connectivity index is 2.77. The third-order valence-corrected chi connectivity index (χ3v) is 9.36. The molecule has 2 aromatic rings. The maximum atomic E-state index is 13.5. The van der Waals surface area contributed by atoms with Crippen molar-refractivity contribution in [3.8, 4) is 0 Å². The van der Waals surface area contributed by atoms with Crippen molar-refractivity contribution in [3.63, 3.8) is 0 Å². The van der Waals surface area contributed by atoms with Crippen LogP contribution in [0.4, 0.5) is 22.0 Å². The number of rotatable bonds is 9. The van der Waals surface area contributed by atoms with E-state index >= 15 is 0 Å². The summed E-state index contributed by atoms with van der Waals surface area (Å²) in [7, 11) is -5.78. The second-order valence-corrected chi connectivity index (χ2v) is 11.5. The van der Waals surface area contributed by atoms with Gasteiger partial charge in [0, 0.05) is 9.79 Å². The molecule has 0 unspecified atom stereocenters. The minimum Gasteiger partial charge on any atom is -0.465 e. The molecule has 0 radical (unpaired) electrons. The Kier molecular flexibility index (Phi) is 9.16. The summed E-state index contributed by atoms with van der Waals surface area (Å²) in [5.74, 6) is -5.58. The van der Waals surface area contributed by atoms with Crippen LogP contribution in [0.1, 0.15) is 6.92 Å². The molecule has 0 saturated heterocycles. The molecule has 0 spiro atoms. The molecule has 0 atom stereocenters. The number of carbonyl (C=O) groups is 2. The highest BCUT2D eigenvalue weighted by Gasteiger charge is 2.61. The van der Waals surface area contributed by atoms with Gasteiger partial charge >= 0.3 is 25.6 Å². The average Bonchev–Trinajstić information content (AvgIpc) is 2.73. The summed E-state index contributed by atoms with van der Waals surface area (Å²) in [6.07, 6.45) is -5.64. The highest BCUT2D eigenvalue weighted by Crippen LogP contribution is 2.68. The van der Waals surface area contributed by atoms with E-state index in [1.165, 1.54) is 6.92 Å². The highest BCUT2D eigenvalue weighted by molar-refractivity contribution is 8.25. The smallest absolute Gasteiger partial charge is 0.465 e. The number of esters is 1. The summed E-state index contributed by atoms with van der Waals surface area (Å²) in [4.78, 5) is 44.5. The van der Waals surface area contributed by atoms with Gasteiger partial charge in [-0.15, -0.1) is 0 Å². The van der Waals surface area contributed by atoms with Crippen LogP contribution in [-0.4, -0.2) is 49.8 Å². The zero-order valence-corrected chi connectivity index (χ0v) is 19.7. The maximum absolute atomic E-state index is 13.5. The number of carbonyl (C=O) groups excluding carboxylic acids is 2. The number of ether oxygens (including phenoxy) is 1. The lowest BCUT2D eigenvalue weighted by molar-refractivity contribution is -0.187. The molecule has 0 bridgehead atoms. The van der Waals surface area contributed by atoms with E-state index in [4.69, 9.17) is 0 Å². The van der Waals surface area contributed by atoms with Crippen molar-refractivity contribution in [1.29, 1.82) is 0 Å². The van der Waals surface area contributed by atoms with Crippen LogP contribution in [-0.2, 0) is 18.9 Å². The number of thioether (sulfide) groups is 2. The van der Waals surface area contributed by atoms with Gasteiger partial charge < -0.3 is 14.5 Å². The predicted molar refractivity (Wildman–Crippen MR) is 114 cm³/mol. The minimum atomic E-state index is -5.78. The van der Waals surface area contributed by atoms with Gasteiger partial charge in [0.1, 0.15) is 18.2 Å². The van der Waals surface area contributed by atoms with Gasteiger partial charge in [-0.25, -0.2) is 8.78 Å². The van der Waals surface area contributed by atoms with Gasteiger partial charge in [-0.05, 0) is 55.5 Å². The summed E-state index contributed by atoms with van der Waals surface area (Å²) < 4.78 is 81.6. The second-order valence-electron chi connectivity index (χ2n) is 6.40. The Morgan fingerprint density at radius 2 is 1.35 bits per heavy atom. The molecule has 0 aliphatic rings. The Labute approximate surface area is 198 Å². The Hall–Kier alpha value is -2.12.